The maximum Gasteiger partial charge on any atom is 0.335 e. The molecule has 1 N–H and O–H groups in total. The molecule has 34 heavy (non-hydrogen) atoms. The van der Waals surface area contributed by atoms with Gasteiger partial charge in [0.15, 0.2) is 5.82 Å². The minimum Gasteiger partial charge on any atom is -0.478 e. The van der Waals surface area contributed by atoms with Crippen molar-refractivity contribution in [1.29, 1.82) is 0 Å². The van der Waals surface area contributed by atoms with Crippen LogP contribution in [-0.2, 0) is 6.54 Å². The Balaban J connectivity index is 1.33. The molecular weight excluding hydrogens is 437 g/mol. The first-order valence-corrected chi connectivity index (χ1v) is 10.8. The third-order valence-electron chi connectivity index (χ3n) is 6.19. The van der Waals surface area contributed by atoms with Gasteiger partial charge in [0.2, 0.25) is 0 Å². The van der Waals surface area contributed by atoms with E-state index in [1.807, 2.05) is 16.7 Å². The number of amides is 1. The fourth-order valence-electron chi connectivity index (χ4n) is 4.28. The van der Waals surface area contributed by atoms with Crippen LogP contribution in [0.1, 0.15) is 45.2 Å². The number of aromatic carboxylic acids is 1. The van der Waals surface area contributed by atoms with Gasteiger partial charge in [-0.15, -0.1) is 10.2 Å². The summed E-state index contributed by atoms with van der Waals surface area (Å²) in [6.45, 7) is 0.331. The number of carbonyl (C=O) groups is 2. The smallest absolute Gasteiger partial charge is 0.335 e. The summed E-state index contributed by atoms with van der Waals surface area (Å²) >= 11 is 0. The van der Waals surface area contributed by atoms with E-state index in [1.54, 1.807) is 35.5 Å². The van der Waals surface area contributed by atoms with Gasteiger partial charge in [0.1, 0.15) is 23.7 Å². The van der Waals surface area contributed by atoms with Gasteiger partial charge in [-0.3, -0.25) is 9.69 Å². The molecule has 0 atom stereocenters. The number of rotatable bonds is 5. The largest absolute Gasteiger partial charge is 0.478 e. The summed E-state index contributed by atoms with van der Waals surface area (Å²) in [4.78, 5) is 30.9. The second kappa shape index (κ2) is 7.58. The van der Waals surface area contributed by atoms with Gasteiger partial charge in [0.25, 0.3) is 5.91 Å². The number of carboxylic acid groups (broad SMARTS) is 1. The molecule has 6 rings (SSSR count). The van der Waals surface area contributed by atoms with Gasteiger partial charge in [-0.05, 0) is 60.4 Å². The predicted molar refractivity (Wildman–Crippen MR) is 121 cm³/mol. The molecule has 1 saturated carbocycles. The van der Waals surface area contributed by atoms with Gasteiger partial charge in [0, 0.05) is 17.2 Å². The summed E-state index contributed by atoms with van der Waals surface area (Å²) in [5, 5.41) is 17.5. The molecule has 2 aromatic heterocycles. The number of nitrogens with zero attached hydrogens (tertiary/aromatic N) is 5. The number of benzene rings is 2. The molecule has 3 heterocycles. The molecule has 168 valence electrons. The van der Waals surface area contributed by atoms with E-state index >= 15 is 0 Å². The molecule has 0 saturated heterocycles. The monoisotopic (exact) mass is 455 g/mol. The van der Waals surface area contributed by atoms with Crippen molar-refractivity contribution in [2.45, 2.75) is 25.4 Å². The molecule has 0 radical (unpaired) electrons. The molecular formula is C25H18FN5O3. The van der Waals surface area contributed by atoms with Crippen molar-refractivity contribution in [2.75, 3.05) is 4.90 Å². The highest BCUT2D eigenvalue weighted by Crippen LogP contribution is 2.38. The van der Waals surface area contributed by atoms with Gasteiger partial charge in [-0.1, -0.05) is 18.2 Å². The lowest BCUT2D eigenvalue weighted by atomic mass is 9.98. The lowest BCUT2D eigenvalue weighted by molar-refractivity contribution is 0.0696. The Hall–Kier alpha value is -4.40. The summed E-state index contributed by atoms with van der Waals surface area (Å²) in [5.74, 6) is -0.788. The number of carbonyl (C=O) groups excluding carboxylic acids is 1. The van der Waals surface area contributed by atoms with Crippen LogP contribution in [0.3, 0.4) is 0 Å². The Morgan fingerprint density at radius 1 is 1.06 bits per heavy atom. The van der Waals surface area contributed by atoms with Crippen molar-refractivity contribution in [2.24, 2.45) is 0 Å². The Kier molecular flexibility index (Phi) is 4.51. The second-order valence-corrected chi connectivity index (χ2v) is 8.44. The van der Waals surface area contributed by atoms with Crippen LogP contribution in [0.4, 0.5) is 10.2 Å². The topological polar surface area (TPSA) is 101 Å². The fraction of sp³-hybridized carbons (Fsp3) is 0.160. The molecule has 0 unspecified atom stereocenters. The summed E-state index contributed by atoms with van der Waals surface area (Å²) < 4.78 is 16.5. The van der Waals surface area contributed by atoms with Crippen molar-refractivity contribution >= 4 is 17.7 Å². The van der Waals surface area contributed by atoms with E-state index in [-0.39, 0.29) is 17.0 Å². The van der Waals surface area contributed by atoms with Crippen LogP contribution in [0, 0.1) is 5.82 Å². The molecule has 1 aliphatic heterocycles. The molecule has 2 aliphatic rings. The average Bonchev–Trinajstić information content (AvgIpc) is 3.48. The number of fused-ring (bicyclic) bond motifs is 1. The third-order valence-corrected chi connectivity index (χ3v) is 6.19. The molecule has 0 spiro atoms. The van der Waals surface area contributed by atoms with E-state index in [1.165, 1.54) is 12.1 Å². The number of aromatic nitrogens is 4. The van der Waals surface area contributed by atoms with Gasteiger partial charge < -0.3 is 9.67 Å². The zero-order valence-corrected chi connectivity index (χ0v) is 17.8. The Morgan fingerprint density at radius 2 is 1.91 bits per heavy atom. The van der Waals surface area contributed by atoms with Crippen LogP contribution in [0.15, 0.2) is 60.9 Å². The Labute approximate surface area is 193 Å². The Morgan fingerprint density at radius 3 is 2.71 bits per heavy atom. The Bertz CT molecular complexity index is 1480. The van der Waals surface area contributed by atoms with Crippen molar-refractivity contribution in [3.05, 3.63) is 83.4 Å². The molecule has 2 aromatic carbocycles. The lowest BCUT2D eigenvalue weighted by Gasteiger charge is -2.15. The van der Waals surface area contributed by atoms with Gasteiger partial charge in [0.05, 0.1) is 12.1 Å². The third kappa shape index (κ3) is 3.33. The maximum absolute atomic E-state index is 14.5. The molecule has 1 amide bonds. The second-order valence-electron chi connectivity index (χ2n) is 8.44. The summed E-state index contributed by atoms with van der Waals surface area (Å²) in [6, 6.07) is 14.5. The van der Waals surface area contributed by atoms with Crippen molar-refractivity contribution in [1.82, 2.24) is 19.7 Å². The van der Waals surface area contributed by atoms with Crippen molar-refractivity contribution < 1.29 is 19.1 Å². The van der Waals surface area contributed by atoms with E-state index in [9.17, 15) is 19.1 Å². The van der Waals surface area contributed by atoms with E-state index in [0.717, 1.165) is 24.5 Å². The first-order chi connectivity index (χ1) is 16.5. The predicted octanol–water partition coefficient (Wildman–Crippen LogP) is 4.34. The highest BCUT2D eigenvalue weighted by Gasteiger charge is 2.31. The number of carboxylic acids is 1. The summed E-state index contributed by atoms with van der Waals surface area (Å²) in [7, 11) is 0. The van der Waals surface area contributed by atoms with Gasteiger partial charge in [-0.2, -0.15) is 0 Å². The number of hydrogen-bond donors (Lipinski definition) is 1. The number of anilines is 1. The molecule has 8 nitrogen and oxygen atoms in total. The van der Waals surface area contributed by atoms with E-state index in [0.29, 0.717) is 41.0 Å². The van der Waals surface area contributed by atoms with Gasteiger partial charge >= 0.3 is 5.97 Å². The van der Waals surface area contributed by atoms with Gasteiger partial charge in [-0.25, -0.2) is 14.2 Å². The molecule has 9 heteroatoms. The molecule has 1 aliphatic carbocycles. The highest BCUT2D eigenvalue weighted by atomic mass is 19.1. The highest BCUT2D eigenvalue weighted by molar-refractivity contribution is 6.10. The van der Waals surface area contributed by atoms with E-state index < -0.39 is 11.8 Å². The number of halogens is 1. The summed E-state index contributed by atoms with van der Waals surface area (Å²) in [6.07, 6.45) is 3.88. The summed E-state index contributed by atoms with van der Waals surface area (Å²) in [5.41, 5.74) is 2.41. The zero-order chi connectivity index (χ0) is 23.4. The van der Waals surface area contributed by atoms with Crippen LogP contribution in [0.25, 0.3) is 22.6 Å². The maximum atomic E-state index is 14.5. The van der Waals surface area contributed by atoms with Crippen LogP contribution in [0.5, 0.6) is 0 Å². The number of hydrogen-bond acceptors (Lipinski definition) is 5. The molecule has 0 bridgehead atoms. The van der Waals surface area contributed by atoms with Crippen molar-refractivity contribution in [3.8, 4) is 22.6 Å². The first kappa shape index (κ1) is 20.2. The fourth-order valence-corrected chi connectivity index (χ4v) is 4.28. The van der Waals surface area contributed by atoms with Crippen LogP contribution in [0.2, 0.25) is 0 Å². The SMILES string of the molecule is O=C(O)c1ccc(F)c(-c2ccc3c(c2)C(=O)N(c2cccc(-c4nncn4C4CC4)n2)C3)c1. The number of pyridine rings is 1. The molecule has 1 fully saturated rings. The minimum atomic E-state index is -1.15. The van der Waals surface area contributed by atoms with E-state index in [2.05, 4.69) is 15.2 Å². The van der Waals surface area contributed by atoms with Crippen LogP contribution < -0.4 is 4.90 Å². The van der Waals surface area contributed by atoms with Crippen LogP contribution >= 0.6 is 0 Å². The normalized spacial score (nSPS) is 15.0. The standard InChI is InChI=1S/C25H18FN5O3/c26-20-9-6-15(25(33)34)11-18(20)14-4-5-16-12-30(24(32)19(16)10-14)22-3-1-2-21(28-22)23-29-27-13-31(23)17-7-8-17/h1-6,9-11,13,17H,7-8,12H2,(H,33,34). The average molecular weight is 455 g/mol. The minimum absolute atomic E-state index is 0.0232. The molecule has 4 aromatic rings. The van der Waals surface area contributed by atoms with E-state index in [4.69, 9.17) is 0 Å². The quantitative estimate of drug-likeness (QED) is 0.480. The van der Waals surface area contributed by atoms with Crippen molar-refractivity contribution in [3.63, 3.8) is 0 Å². The lowest BCUT2D eigenvalue weighted by Crippen LogP contribution is -2.24. The van der Waals surface area contributed by atoms with Crippen LogP contribution in [-0.4, -0.2) is 36.7 Å². The zero-order valence-electron chi connectivity index (χ0n) is 17.8. The first-order valence-electron chi connectivity index (χ1n) is 10.8.